The molecule has 0 amide bonds. The van der Waals surface area contributed by atoms with Crippen molar-refractivity contribution < 1.29 is 9.36 Å². The molecule has 0 radical (unpaired) electrons. The molecule has 2 rings (SSSR count). The lowest BCUT2D eigenvalue weighted by molar-refractivity contribution is -0.688. The number of aromatic nitrogens is 1. The highest BCUT2D eigenvalue weighted by Gasteiger charge is 2.10. The fourth-order valence-corrected chi connectivity index (χ4v) is 2.14. The van der Waals surface area contributed by atoms with Crippen molar-refractivity contribution in [3.8, 4) is 0 Å². The summed E-state index contributed by atoms with van der Waals surface area (Å²) >= 11 is 12.0. The smallest absolute Gasteiger partial charge is 0.179 e. The number of benzene rings is 1. The number of ketones is 1. The minimum atomic E-state index is 0.0477. The molecule has 0 aliphatic carbocycles. The Morgan fingerprint density at radius 2 is 2.06 bits per heavy atom. The molecule has 0 unspecified atom stereocenters. The van der Waals surface area contributed by atoms with Crippen LogP contribution in [0.2, 0.25) is 10.0 Å². The van der Waals surface area contributed by atoms with E-state index in [4.69, 9.17) is 23.2 Å². The Kier molecular flexibility index (Phi) is 4.00. The highest BCUT2D eigenvalue weighted by Crippen LogP contribution is 2.20. The van der Waals surface area contributed by atoms with Gasteiger partial charge in [0, 0.05) is 16.7 Å². The predicted molar refractivity (Wildman–Crippen MR) is 72.2 cm³/mol. The lowest BCUT2D eigenvalue weighted by atomic mass is 10.2. The van der Waals surface area contributed by atoms with Crippen molar-refractivity contribution >= 4 is 29.0 Å². The number of rotatable bonds is 3. The van der Waals surface area contributed by atoms with Crippen molar-refractivity contribution in [2.75, 3.05) is 0 Å². The first-order valence-electron chi connectivity index (χ1n) is 5.50. The molecule has 0 bridgehead atoms. The highest BCUT2D eigenvalue weighted by atomic mass is 35.5. The van der Waals surface area contributed by atoms with E-state index in [1.807, 2.05) is 29.1 Å². The van der Waals surface area contributed by atoms with E-state index in [2.05, 4.69) is 0 Å². The zero-order valence-corrected chi connectivity index (χ0v) is 11.4. The van der Waals surface area contributed by atoms with Gasteiger partial charge in [-0.1, -0.05) is 23.2 Å². The fourth-order valence-electron chi connectivity index (χ4n) is 1.68. The molecule has 0 aliphatic heterocycles. The third kappa shape index (κ3) is 3.09. The van der Waals surface area contributed by atoms with Crippen LogP contribution in [0.1, 0.15) is 22.8 Å². The van der Waals surface area contributed by atoms with Crippen LogP contribution in [-0.4, -0.2) is 5.78 Å². The average Bonchev–Trinajstić information content (AvgIpc) is 2.33. The van der Waals surface area contributed by atoms with Gasteiger partial charge in [0.25, 0.3) is 0 Å². The first kappa shape index (κ1) is 13.1. The van der Waals surface area contributed by atoms with Crippen molar-refractivity contribution in [3.05, 3.63) is 63.9 Å². The van der Waals surface area contributed by atoms with Gasteiger partial charge in [-0.2, -0.15) is 0 Å². The maximum absolute atomic E-state index is 11.3. The zero-order valence-electron chi connectivity index (χ0n) is 9.86. The van der Waals surface area contributed by atoms with Gasteiger partial charge in [-0.15, -0.1) is 0 Å². The molecule has 1 aromatic heterocycles. The van der Waals surface area contributed by atoms with Crippen LogP contribution >= 0.6 is 23.2 Å². The predicted octanol–water partition coefficient (Wildman–Crippen LogP) is 3.53. The Morgan fingerprint density at radius 3 is 2.72 bits per heavy atom. The normalized spacial score (nSPS) is 10.4. The van der Waals surface area contributed by atoms with Crippen LogP contribution in [0.5, 0.6) is 0 Å². The van der Waals surface area contributed by atoms with Crippen molar-refractivity contribution in [2.24, 2.45) is 0 Å². The third-order valence-corrected chi connectivity index (χ3v) is 3.22. The maximum atomic E-state index is 11.3. The van der Waals surface area contributed by atoms with Crippen LogP contribution in [0.4, 0.5) is 0 Å². The van der Waals surface area contributed by atoms with E-state index < -0.39 is 0 Å². The number of carbonyl (C=O) groups excluding carboxylic acids is 1. The quantitative estimate of drug-likeness (QED) is 0.622. The largest absolute Gasteiger partial charge is 0.294 e. The van der Waals surface area contributed by atoms with Gasteiger partial charge in [0.05, 0.1) is 10.6 Å². The molecule has 0 saturated heterocycles. The van der Waals surface area contributed by atoms with Crippen LogP contribution in [0.3, 0.4) is 0 Å². The zero-order chi connectivity index (χ0) is 13.1. The van der Waals surface area contributed by atoms with Crippen molar-refractivity contribution in [1.82, 2.24) is 0 Å². The average molecular weight is 281 g/mol. The Labute approximate surface area is 116 Å². The summed E-state index contributed by atoms with van der Waals surface area (Å²) in [5.41, 5.74) is 1.65. The monoisotopic (exact) mass is 280 g/mol. The van der Waals surface area contributed by atoms with Crippen molar-refractivity contribution in [2.45, 2.75) is 13.5 Å². The van der Waals surface area contributed by atoms with Gasteiger partial charge >= 0.3 is 0 Å². The summed E-state index contributed by atoms with van der Waals surface area (Å²) in [5.74, 6) is 0.0477. The standard InChI is InChI=1S/C14H12Cl2NO/c1-10(18)11-3-2-6-17(8-11)9-12-4-5-13(15)7-14(12)16/h2-8H,9H2,1H3/q+1. The maximum Gasteiger partial charge on any atom is 0.179 e. The summed E-state index contributed by atoms with van der Waals surface area (Å²) in [6.07, 6.45) is 3.71. The highest BCUT2D eigenvalue weighted by molar-refractivity contribution is 6.35. The topological polar surface area (TPSA) is 20.9 Å². The van der Waals surface area contributed by atoms with Gasteiger partial charge in [-0.25, -0.2) is 4.57 Å². The minimum absolute atomic E-state index is 0.0477. The second-order valence-electron chi connectivity index (χ2n) is 4.06. The Hall–Kier alpha value is -1.38. The molecule has 0 aliphatic rings. The molecule has 0 spiro atoms. The number of hydrogen-bond acceptors (Lipinski definition) is 1. The molecule has 0 fully saturated rings. The van der Waals surface area contributed by atoms with Gasteiger partial charge < -0.3 is 0 Å². The van der Waals surface area contributed by atoms with E-state index in [1.54, 1.807) is 25.1 Å². The molecule has 0 atom stereocenters. The second kappa shape index (κ2) is 5.51. The van der Waals surface area contributed by atoms with E-state index >= 15 is 0 Å². The summed E-state index contributed by atoms with van der Waals surface area (Å²) in [7, 11) is 0. The van der Waals surface area contributed by atoms with Crippen molar-refractivity contribution in [1.29, 1.82) is 0 Å². The lowest BCUT2D eigenvalue weighted by Crippen LogP contribution is -2.34. The number of halogens is 2. The minimum Gasteiger partial charge on any atom is -0.294 e. The van der Waals surface area contributed by atoms with Crippen LogP contribution in [0.25, 0.3) is 0 Å². The summed E-state index contributed by atoms with van der Waals surface area (Å²) in [5, 5.41) is 1.24. The van der Waals surface area contributed by atoms with E-state index in [-0.39, 0.29) is 5.78 Å². The second-order valence-corrected chi connectivity index (χ2v) is 4.90. The molecule has 0 saturated carbocycles. The van der Waals surface area contributed by atoms with E-state index in [0.29, 0.717) is 22.2 Å². The van der Waals surface area contributed by atoms with Gasteiger partial charge in [0.15, 0.2) is 24.7 Å². The first-order valence-corrected chi connectivity index (χ1v) is 6.26. The molecule has 4 heteroatoms. The van der Waals surface area contributed by atoms with E-state index in [0.717, 1.165) is 5.56 Å². The van der Waals surface area contributed by atoms with Crippen LogP contribution in [-0.2, 0) is 6.54 Å². The van der Waals surface area contributed by atoms with Crippen LogP contribution < -0.4 is 4.57 Å². The fraction of sp³-hybridized carbons (Fsp3) is 0.143. The summed E-state index contributed by atoms with van der Waals surface area (Å²) in [6.45, 7) is 2.16. The molecular formula is C14H12Cl2NO+. The Bertz CT molecular complexity index is 596. The molecule has 1 aromatic carbocycles. The molecule has 18 heavy (non-hydrogen) atoms. The summed E-state index contributed by atoms with van der Waals surface area (Å²) in [6, 6.07) is 9.05. The molecule has 2 aromatic rings. The van der Waals surface area contributed by atoms with Gasteiger partial charge in [0.2, 0.25) is 0 Å². The summed E-state index contributed by atoms with van der Waals surface area (Å²) < 4.78 is 1.92. The number of hydrogen-bond donors (Lipinski definition) is 0. The third-order valence-electron chi connectivity index (χ3n) is 2.63. The number of pyridine rings is 1. The van der Waals surface area contributed by atoms with Crippen molar-refractivity contribution in [3.63, 3.8) is 0 Å². The molecule has 0 N–H and O–H groups in total. The lowest BCUT2D eigenvalue weighted by Gasteiger charge is -2.02. The molecular weight excluding hydrogens is 269 g/mol. The van der Waals surface area contributed by atoms with Crippen LogP contribution in [0.15, 0.2) is 42.7 Å². The number of Topliss-reactive ketones (excluding diaryl/α,β-unsaturated/α-hetero) is 1. The Morgan fingerprint density at radius 1 is 1.28 bits per heavy atom. The van der Waals surface area contributed by atoms with E-state index in [9.17, 15) is 4.79 Å². The van der Waals surface area contributed by atoms with Gasteiger partial charge in [-0.3, -0.25) is 4.79 Å². The van der Waals surface area contributed by atoms with E-state index in [1.165, 1.54) is 0 Å². The van der Waals surface area contributed by atoms with Crippen LogP contribution in [0, 0.1) is 0 Å². The Balaban J connectivity index is 2.28. The first-order chi connectivity index (χ1) is 8.56. The summed E-state index contributed by atoms with van der Waals surface area (Å²) in [4.78, 5) is 11.3. The molecule has 2 nitrogen and oxygen atoms in total. The molecule has 1 heterocycles. The van der Waals surface area contributed by atoms with Gasteiger partial charge in [-0.05, 0) is 31.2 Å². The molecule has 92 valence electrons. The number of nitrogens with zero attached hydrogens (tertiary/aromatic N) is 1. The SMILES string of the molecule is CC(=O)c1ccc[n+](Cc2ccc(Cl)cc2Cl)c1. The number of carbonyl (C=O) groups is 1. The van der Waals surface area contributed by atoms with Gasteiger partial charge in [0.1, 0.15) is 0 Å².